The highest BCUT2D eigenvalue weighted by molar-refractivity contribution is 5.77. The van der Waals surface area contributed by atoms with Crippen LogP contribution in [0.2, 0.25) is 0 Å². The number of nitrogens with zero attached hydrogens (tertiary/aromatic N) is 1. The number of carbonyl (C=O) groups excluding carboxylic acids is 1. The van der Waals surface area contributed by atoms with E-state index in [-0.39, 0.29) is 5.91 Å². The van der Waals surface area contributed by atoms with Crippen molar-refractivity contribution in [2.45, 2.75) is 32.7 Å². The summed E-state index contributed by atoms with van der Waals surface area (Å²) in [5, 5.41) is 6.16. The molecule has 16 heavy (non-hydrogen) atoms. The van der Waals surface area contributed by atoms with Gasteiger partial charge < -0.3 is 10.6 Å². The number of hydrogen-bond acceptors (Lipinski definition) is 3. The fourth-order valence-corrected chi connectivity index (χ4v) is 2.30. The summed E-state index contributed by atoms with van der Waals surface area (Å²) >= 11 is 0. The quantitative estimate of drug-likeness (QED) is 0.716. The Morgan fingerprint density at radius 1 is 1.44 bits per heavy atom. The van der Waals surface area contributed by atoms with Gasteiger partial charge in [-0.3, -0.25) is 9.69 Å². The summed E-state index contributed by atoms with van der Waals surface area (Å²) in [4.78, 5) is 13.7. The summed E-state index contributed by atoms with van der Waals surface area (Å²) in [6.07, 6.45) is 2.39. The SMILES string of the molecule is CCNC(=O)CN1CCC(C(C)NC)CC1. The second kappa shape index (κ2) is 6.86. The van der Waals surface area contributed by atoms with Crippen LogP contribution in [0.25, 0.3) is 0 Å². The van der Waals surface area contributed by atoms with Crippen molar-refractivity contribution in [3.63, 3.8) is 0 Å². The molecule has 1 unspecified atom stereocenters. The van der Waals surface area contributed by atoms with Gasteiger partial charge in [-0.2, -0.15) is 0 Å². The summed E-state index contributed by atoms with van der Waals surface area (Å²) in [5.41, 5.74) is 0. The molecular formula is C12H25N3O. The number of rotatable bonds is 5. The number of nitrogens with one attached hydrogen (secondary N) is 2. The molecule has 0 bridgehead atoms. The summed E-state index contributed by atoms with van der Waals surface area (Å²) in [5.74, 6) is 0.915. The van der Waals surface area contributed by atoms with E-state index in [9.17, 15) is 4.79 Å². The van der Waals surface area contributed by atoms with Gasteiger partial charge in [0.05, 0.1) is 6.54 Å². The average Bonchev–Trinajstić information content (AvgIpc) is 2.29. The molecular weight excluding hydrogens is 202 g/mol. The fraction of sp³-hybridized carbons (Fsp3) is 0.917. The monoisotopic (exact) mass is 227 g/mol. The number of hydrogen-bond donors (Lipinski definition) is 2. The number of amides is 1. The van der Waals surface area contributed by atoms with Gasteiger partial charge in [0.15, 0.2) is 0 Å². The van der Waals surface area contributed by atoms with E-state index in [0.717, 1.165) is 25.6 Å². The lowest BCUT2D eigenvalue weighted by molar-refractivity contribution is -0.122. The molecule has 1 aliphatic rings. The second-order valence-corrected chi connectivity index (χ2v) is 4.64. The second-order valence-electron chi connectivity index (χ2n) is 4.64. The smallest absolute Gasteiger partial charge is 0.234 e. The standard InChI is InChI=1S/C12H25N3O/c1-4-14-12(16)9-15-7-5-11(6-8-15)10(2)13-3/h10-11,13H,4-9H2,1-3H3,(H,14,16). The van der Waals surface area contributed by atoms with Crippen molar-refractivity contribution in [2.24, 2.45) is 5.92 Å². The van der Waals surface area contributed by atoms with E-state index < -0.39 is 0 Å². The van der Waals surface area contributed by atoms with Gasteiger partial charge in [-0.25, -0.2) is 0 Å². The number of likely N-dealkylation sites (N-methyl/N-ethyl adjacent to an activating group) is 1. The first-order chi connectivity index (χ1) is 7.67. The zero-order chi connectivity index (χ0) is 12.0. The Labute approximate surface area is 98.8 Å². The van der Waals surface area contributed by atoms with Gasteiger partial charge >= 0.3 is 0 Å². The molecule has 0 aromatic rings. The zero-order valence-corrected chi connectivity index (χ0v) is 10.8. The molecule has 1 rings (SSSR count). The Kier molecular flexibility index (Phi) is 5.77. The largest absolute Gasteiger partial charge is 0.355 e. The molecule has 0 aromatic heterocycles. The molecule has 94 valence electrons. The minimum atomic E-state index is 0.155. The van der Waals surface area contributed by atoms with E-state index >= 15 is 0 Å². The van der Waals surface area contributed by atoms with Crippen molar-refractivity contribution < 1.29 is 4.79 Å². The van der Waals surface area contributed by atoms with Gasteiger partial charge in [0.25, 0.3) is 0 Å². The summed E-state index contributed by atoms with van der Waals surface area (Å²) in [6, 6.07) is 0.589. The van der Waals surface area contributed by atoms with Gasteiger partial charge in [-0.1, -0.05) is 0 Å². The van der Waals surface area contributed by atoms with Crippen molar-refractivity contribution in [1.82, 2.24) is 15.5 Å². The predicted octanol–water partition coefficient (Wildman–Crippen LogP) is 0.442. The molecule has 4 nitrogen and oxygen atoms in total. The first kappa shape index (κ1) is 13.5. The Morgan fingerprint density at radius 3 is 2.56 bits per heavy atom. The number of carbonyl (C=O) groups is 1. The van der Waals surface area contributed by atoms with Crippen LogP contribution < -0.4 is 10.6 Å². The molecule has 1 heterocycles. The Hall–Kier alpha value is -0.610. The Bertz CT molecular complexity index is 212. The third-order valence-electron chi connectivity index (χ3n) is 3.54. The van der Waals surface area contributed by atoms with E-state index in [4.69, 9.17) is 0 Å². The van der Waals surface area contributed by atoms with Crippen LogP contribution in [0.5, 0.6) is 0 Å². The van der Waals surface area contributed by atoms with Crippen LogP contribution in [0.15, 0.2) is 0 Å². The molecule has 0 saturated carbocycles. The molecule has 2 N–H and O–H groups in total. The van der Waals surface area contributed by atoms with E-state index in [1.165, 1.54) is 12.8 Å². The Balaban J connectivity index is 2.24. The van der Waals surface area contributed by atoms with Crippen molar-refractivity contribution in [3.05, 3.63) is 0 Å². The summed E-state index contributed by atoms with van der Waals surface area (Å²) < 4.78 is 0. The van der Waals surface area contributed by atoms with Crippen molar-refractivity contribution in [1.29, 1.82) is 0 Å². The predicted molar refractivity (Wildman–Crippen MR) is 66.4 cm³/mol. The molecule has 4 heteroatoms. The molecule has 0 radical (unpaired) electrons. The Morgan fingerprint density at radius 2 is 2.06 bits per heavy atom. The zero-order valence-electron chi connectivity index (χ0n) is 10.8. The van der Waals surface area contributed by atoms with E-state index in [0.29, 0.717) is 12.6 Å². The van der Waals surface area contributed by atoms with Crippen molar-refractivity contribution >= 4 is 5.91 Å². The minimum absolute atomic E-state index is 0.155. The topological polar surface area (TPSA) is 44.4 Å². The highest BCUT2D eigenvalue weighted by Crippen LogP contribution is 2.19. The molecule has 1 fully saturated rings. The van der Waals surface area contributed by atoms with Gasteiger partial charge in [0.1, 0.15) is 0 Å². The van der Waals surface area contributed by atoms with E-state index in [1.807, 2.05) is 14.0 Å². The van der Waals surface area contributed by atoms with E-state index in [1.54, 1.807) is 0 Å². The van der Waals surface area contributed by atoms with E-state index in [2.05, 4.69) is 22.5 Å². The molecule has 0 aromatic carbocycles. The lowest BCUT2D eigenvalue weighted by Gasteiger charge is -2.34. The van der Waals surface area contributed by atoms with Gasteiger partial charge in [0, 0.05) is 12.6 Å². The molecule has 1 aliphatic heterocycles. The van der Waals surface area contributed by atoms with Crippen LogP contribution in [0, 0.1) is 5.92 Å². The van der Waals surface area contributed by atoms with Crippen molar-refractivity contribution in [3.8, 4) is 0 Å². The molecule has 1 amide bonds. The van der Waals surface area contributed by atoms with Crippen LogP contribution in [-0.4, -0.2) is 50.1 Å². The van der Waals surface area contributed by atoms with Gasteiger partial charge in [0.2, 0.25) is 5.91 Å². The molecule has 1 atom stereocenters. The number of likely N-dealkylation sites (tertiary alicyclic amines) is 1. The fourth-order valence-electron chi connectivity index (χ4n) is 2.30. The van der Waals surface area contributed by atoms with Crippen LogP contribution in [-0.2, 0) is 4.79 Å². The molecule has 1 saturated heterocycles. The maximum Gasteiger partial charge on any atom is 0.234 e. The third kappa shape index (κ3) is 4.10. The maximum atomic E-state index is 11.4. The normalized spacial score (nSPS) is 20.7. The lowest BCUT2D eigenvalue weighted by Crippen LogP contribution is -2.44. The maximum absolute atomic E-state index is 11.4. The first-order valence-electron chi connectivity index (χ1n) is 6.33. The highest BCUT2D eigenvalue weighted by Gasteiger charge is 2.23. The van der Waals surface area contributed by atoms with Crippen LogP contribution in [0.4, 0.5) is 0 Å². The molecule has 0 spiro atoms. The van der Waals surface area contributed by atoms with Crippen molar-refractivity contribution in [2.75, 3.05) is 33.2 Å². The number of piperidine rings is 1. The lowest BCUT2D eigenvalue weighted by atomic mass is 9.90. The van der Waals surface area contributed by atoms with Crippen LogP contribution in [0.3, 0.4) is 0 Å². The highest BCUT2D eigenvalue weighted by atomic mass is 16.2. The first-order valence-corrected chi connectivity index (χ1v) is 6.33. The van der Waals surface area contributed by atoms with Crippen LogP contribution >= 0.6 is 0 Å². The summed E-state index contributed by atoms with van der Waals surface area (Å²) in [7, 11) is 2.02. The summed E-state index contributed by atoms with van der Waals surface area (Å²) in [6.45, 7) is 7.59. The average molecular weight is 227 g/mol. The van der Waals surface area contributed by atoms with Crippen LogP contribution in [0.1, 0.15) is 26.7 Å². The third-order valence-corrected chi connectivity index (χ3v) is 3.54. The van der Waals surface area contributed by atoms with Gasteiger partial charge in [-0.15, -0.1) is 0 Å². The molecule has 0 aliphatic carbocycles. The van der Waals surface area contributed by atoms with Gasteiger partial charge in [-0.05, 0) is 52.7 Å². The minimum Gasteiger partial charge on any atom is -0.355 e.